The number of hydrogen-bond donors (Lipinski definition) is 1. The smallest absolute Gasteiger partial charge is 0.272 e. The van der Waals surface area contributed by atoms with Crippen LogP contribution in [0.25, 0.3) is 16.6 Å². The topological polar surface area (TPSA) is 75.5 Å². The number of H-pyrrole nitrogens is 1. The second-order valence-electron chi connectivity index (χ2n) is 7.85. The molecule has 0 radical (unpaired) electrons. The summed E-state index contributed by atoms with van der Waals surface area (Å²) in [6, 6.07) is 14.0. The van der Waals surface area contributed by atoms with Gasteiger partial charge in [0.25, 0.3) is 5.91 Å². The van der Waals surface area contributed by atoms with Crippen molar-refractivity contribution in [3.8, 4) is 0 Å². The minimum atomic E-state index is -0.331. The lowest BCUT2D eigenvalue weighted by Gasteiger charge is -2.43. The van der Waals surface area contributed by atoms with Crippen molar-refractivity contribution >= 4 is 22.5 Å². The van der Waals surface area contributed by atoms with Crippen LogP contribution in [-0.2, 0) is 16.8 Å². The summed E-state index contributed by atoms with van der Waals surface area (Å²) >= 11 is 0. The SMILES string of the molecule is O=C(c1cccc2ncnn12)N1CCC2(CC1)OCCc1c2[nH]c2ccccc12. The van der Waals surface area contributed by atoms with Crippen molar-refractivity contribution in [2.24, 2.45) is 0 Å². The van der Waals surface area contributed by atoms with Gasteiger partial charge in [-0.3, -0.25) is 4.79 Å². The van der Waals surface area contributed by atoms with Crippen LogP contribution in [0.2, 0.25) is 0 Å². The molecule has 1 saturated heterocycles. The van der Waals surface area contributed by atoms with E-state index in [2.05, 4.69) is 39.3 Å². The fraction of sp³-hybridized carbons (Fsp3) is 0.318. The standard InChI is InChI=1S/C22H21N5O2/c28-21(18-6-3-7-19-23-14-24-27(18)19)26-11-9-22(10-12-26)20-16(8-13-29-22)15-4-1-2-5-17(15)25-20/h1-7,14,25H,8-13H2. The molecule has 2 aliphatic heterocycles. The average molecular weight is 387 g/mol. The maximum Gasteiger partial charge on any atom is 0.272 e. The first kappa shape index (κ1) is 16.7. The fourth-order valence-corrected chi connectivity index (χ4v) is 4.90. The van der Waals surface area contributed by atoms with Crippen LogP contribution in [0.3, 0.4) is 0 Å². The van der Waals surface area contributed by atoms with Gasteiger partial charge in [-0.05, 0) is 43.0 Å². The number of aromatic nitrogens is 4. The van der Waals surface area contributed by atoms with Gasteiger partial charge < -0.3 is 14.6 Å². The molecule has 0 bridgehead atoms. The Hall–Kier alpha value is -3.19. The molecular weight excluding hydrogens is 366 g/mol. The van der Waals surface area contributed by atoms with Crippen molar-refractivity contribution in [3.63, 3.8) is 0 Å². The summed E-state index contributed by atoms with van der Waals surface area (Å²) in [6.07, 6.45) is 3.97. The van der Waals surface area contributed by atoms with E-state index in [1.807, 2.05) is 17.0 Å². The number of benzene rings is 1. The van der Waals surface area contributed by atoms with E-state index in [0.29, 0.717) is 24.4 Å². The van der Waals surface area contributed by atoms with Crippen LogP contribution >= 0.6 is 0 Å². The van der Waals surface area contributed by atoms with Gasteiger partial charge in [0.15, 0.2) is 5.65 Å². The van der Waals surface area contributed by atoms with E-state index >= 15 is 0 Å². The van der Waals surface area contributed by atoms with E-state index < -0.39 is 0 Å². The Morgan fingerprint density at radius 3 is 2.86 bits per heavy atom. The molecular formula is C22H21N5O2. The number of piperidine rings is 1. The number of carbonyl (C=O) groups is 1. The third-order valence-corrected chi connectivity index (χ3v) is 6.38. The van der Waals surface area contributed by atoms with Crippen molar-refractivity contribution in [2.45, 2.75) is 24.9 Å². The van der Waals surface area contributed by atoms with Gasteiger partial charge in [-0.15, -0.1) is 0 Å². The summed E-state index contributed by atoms with van der Waals surface area (Å²) in [4.78, 5) is 22.9. The molecule has 6 rings (SSSR count). The molecule has 4 aromatic rings. The molecule has 0 aliphatic carbocycles. The molecule has 1 fully saturated rings. The number of para-hydroxylation sites is 1. The Bertz CT molecular complexity index is 1230. The Morgan fingerprint density at radius 2 is 1.97 bits per heavy atom. The van der Waals surface area contributed by atoms with Gasteiger partial charge in [0.1, 0.15) is 17.6 Å². The highest BCUT2D eigenvalue weighted by Gasteiger charge is 2.43. The summed E-state index contributed by atoms with van der Waals surface area (Å²) < 4.78 is 7.97. The third kappa shape index (κ3) is 2.43. The van der Waals surface area contributed by atoms with Crippen LogP contribution in [-0.4, -0.2) is 50.1 Å². The van der Waals surface area contributed by atoms with Crippen molar-refractivity contribution in [1.82, 2.24) is 24.5 Å². The summed E-state index contributed by atoms with van der Waals surface area (Å²) in [5.41, 5.74) is 4.64. The summed E-state index contributed by atoms with van der Waals surface area (Å²) in [6.45, 7) is 2.03. The van der Waals surface area contributed by atoms with Crippen LogP contribution in [0.15, 0.2) is 48.8 Å². The zero-order valence-corrected chi connectivity index (χ0v) is 16.0. The number of fused-ring (bicyclic) bond motifs is 5. The Morgan fingerprint density at radius 1 is 1.10 bits per heavy atom. The average Bonchev–Trinajstić information content (AvgIpc) is 3.39. The highest BCUT2D eigenvalue weighted by Crippen LogP contribution is 2.43. The van der Waals surface area contributed by atoms with Crippen LogP contribution in [0, 0.1) is 0 Å². The second kappa shape index (κ2) is 6.15. The molecule has 5 heterocycles. The molecule has 2 aliphatic rings. The van der Waals surface area contributed by atoms with Gasteiger partial charge in [-0.1, -0.05) is 24.3 Å². The summed E-state index contributed by atoms with van der Waals surface area (Å²) in [7, 11) is 0. The lowest BCUT2D eigenvalue weighted by atomic mass is 9.83. The van der Waals surface area contributed by atoms with Crippen LogP contribution in [0.5, 0.6) is 0 Å². The Balaban J connectivity index is 1.30. The molecule has 146 valence electrons. The first-order valence-electron chi connectivity index (χ1n) is 10.1. The first-order chi connectivity index (χ1) is 14.3. The molecule has 3 aromatic heterocycles. The van der Waals surface area contributed by atoms with Gasteiger partial charge in [0, 0.05) is 24.0 Å². The molecule has 0 atom stereocenters. The lowest BCUT2D eigenvalue weighted by molar-refractivity contribution is -0.0958. The number of likely N-dealkylation sites (tertiary alicyclic amines) is 1. The van der Waals surface area contributed by atoms with Gasteiger partial charge >= 0.3 is 0 Å². The van der Waals surface area contributed by atoms with Crippen LogP contribution in [0.4, 0.5) is 0 Å². The number of rotatable bonds is 1. The molecule has 7 nitrogen and oxygen atoms in total. The van der Waals surface area contributed by atoms with E-state index in [1.54, 1.807) is 10.6 Å². The number of hydrogen-bond acceptors (Lipinski definition) is 4. The van der Waals surface area contributed by atoms with Gasteiger partial charge in [-0.25, -0.2) is 9.50 Å². The van der Waals surface area contributed by atoms with Crippen molar-refractivity contribution in [1.29, 1.82) is 0 Å². The number of nitrogens with zero attached hydrogens (tertiary/aromatic N) is 4. The van der Waals surface area contributed by atoms with E-state index in [-0.39, 0.29) is 11.5 Å². The molecule has 1 amide bonds. The lowest BCUT2D eigenvalue weighted by Crippen LogP contribution is -2.48. The molecule has 7 heteroatoms. The normalized spacial score (nSPS) is 18.4. The number of amides is 1. The highest BCUT2D eigenvalue weighted by atomic mass is 16.5. The first-order valence-corrected chi connectivity index (χ1v) is 10.1. The second-order valence-corrected chi connectivity index (χ2v) is 7.85. The van der Waals surface area contributed by atoms with Crippen molar-refractivity contribution < 1.29 is 9.53 Å². The fourth-order valence-electron chi connectivity index (χ4n) is 4.90. The van der Waals surface area contributed by atoms with Crippen LogP contribution in [0.1, 0.15) is 34.6 Å². The molecule has 1 spiro atoms. The van der Waals surface area contributed by atoms with E-state index in [4.69, 9.17) is 4.74 Å². The number of ether oxygens (including phenoxy) is 1. The predicted octanol–water partition coefficient (Wildman–Crippen LogP) is 2.91. The molecule has 0 unspecified atom stereocenters. The zero-order valence-electron chi connectivity index (χ0n) is 16.0. The number of carbonyl (C=O) groups excluding carboxylic acids is 1. The predicted molar refractivity (Wildman–Crippen MR) is 108 cm³/mol. The zero-order chi connectivity index (χ0) is 19.4. The molecule has 0 saturated carbocycles. The minimum absolute atomic E-state index is 0.0105. The monoisotopic (exact) mass is 387 g/mol. The maximum atomic E-state index is 13.2. The molecule has 1 aromatic carbocycles. The quantitative estimate of drug-likeness (QED) is 0.545. The minimum Gasteiger partial charge on any atom is -0.368 e. The van der Waals surface area contributed by atoms with E-state index in [0.717, 1.165) is 25.9 Å². The van der Waals surface area contributed by atoms with E-state index in [1.165, 1.54) is 28.5 Å². The number of nitrogens with one attached hydrogen (secondary N) is 1. The number of aromatic amines is 1. The summed E-state index contributed by atoms with van der Waals surface area (Å²) in [5, 5.41) is 5.49. The van der Waals surface area contributed by atoms with Gasteiger partial charge in [-0.2, -0.15) is 5.10 Å². The third-order valence-electron chi connectivity index (χ3n) is 6.38. The largest absolute Gasteiger partial charge is 0.368 e. The molecule has 1 N–H and O–H groups in total. The Kier molecular flexibility index (Phi) is 3.55. The van der Waals surface area contributed by atoms with Crippen molar-refractivity contribution in [2.75, 3.05) is 19.7 Å². The number of pyridine rings is 1. The molecule has 29 heavy (non-hydrogen) atoms. The van der Waals surface area contributed by atoms with Crippen LogP contribution < -0.4 is 0 Å². The highest BCUT2D eigenvalue weighted by molar-refractivity contribution is 5.93. The maximum absolute atomic E-state index is 13.2. The van der Waals surface area contributed by atoms with Gasteiger partial charge in [0.05, 0.1) is 12.3 Å². The van der Waals surface area contributed by atoms with Crippen molar-refractivity contribution in [3.05, 3.63) is 65.7 Å². The summed E-state index contributed by atoms with van der Waals surface area (Å²) in [5.74, 6) is -0.0105. The van der Waals surface area contributed by atoms with E-state index in [9.17, 15) is 4.79 Å². The Labute approximate surface area is 167 Å². The van der Waals surface area contributed by atoms with Gasteiger partial charge in [0.2, 0.25) is 0 Å².